The normalized spacial score (nSPS) is 15.8. The van der Waals surface area contributed by atoms with Crippen molar-refractivity contribution in [2.24, 2.45) is 23.3 Å². The standard InChI is InChI=1S/C37H40BrN5O7.C28H31N5O5.2BrH/c1-48-30-17-23(27(38)19-31(30)49-2)12-14-43-28-10-9-25(37(47)41-13-11-33(46)50-29-16-20-3-4-24(29)15-20)26(18-32(44)45)34(28)42-36(43)22-7-5-21(6-8-22)35(39)40;1-37-23-10-3-17(15-24(23)38-2)12-14-33-22-9-8-20(28(36)31-13-11-25(34)35)16-21(22)32-27(33)19-6-4-18(5-7-19)26(29)30;;/h5-10,17,19-20,24,29H,3-4,11-16,18H2,1-2H3,(H3,39,40)(H,41,47)(H,44,45);3-10,15-16,27,32H,11-14H2,1-2H3,(H3,29,30)(H,31,36)(H,34,35);2*1H. The number of aryl methyl sites for hydroxylation is 2. The van der Waals surface area contributed by atoms with Gasteiger partial charge in [0, 0.05) is 64.0 Å². The Morgan fingerprint density at radius 3 is 1.94 bits per heavy atom. The van der Waals surface area contributed by atoms with Gasteiger partial charge >= 0.3 is 17.9 Å². The molecule has 7 aromatic rings. The molecule has 10 rings (SSSR count). The zero-order valence-electron chi connectivity index (χ0n) is 50.1. The number of aliphatic carboxylic acids is 2. The lowest BCUT2D eigenvalue weighted by atomic mass is 9.98. The number of carbonyl (C=O) groups excluding carboxylic acids is 3. The van der Waals surface area contributed by atoms with E-state index in [4.69, 9.17) is 56.1 Å². The Bertz CT molecular complexity index is 3790. The maximum absolute atomic E-state index is 13.5. The molecule has 2 aliphatic carbocycles. The van der Waals surface area contributed by atoms with Crippen LogP contribution in [0.1, 0.15) is 98.8 Å². The van der Waals surface area contributed by atoms with Crippen molar-refractivity contribution < 1.29 is 57.9 Å². The summed E-state index contributed by atoms with van der Waals surface area (Å²) in [5, 5.41) is 43.2. The van der Waals surface area contributed by atoms with Crippen molar-refractivity contribution in [2.75, 3.05) is 58.3 Å². The second-order valence-corrected chi connectivity index (χ2v) is 22.6. The number of hydrogen-bond donors (Lipinski definition) is 9. The quantitative estimate of drug-likeness (QED) is 0.0146. The largest absolute Gasteiger partial charge is 0.493 e. The molecule has 2 heterocycles. The molecule has 476 valence electrons. The van der Waals surface area contributed by atoms with Crippen molar-refractivity contribution >= 4 is 114 Å². The van der Waals surface area contributed by atoms with Gasteiger partial charge in [0.2, 0.25) is 0 Å². The van der Waals surface area contributed by atoms with E-state index in [1.165, 1.54) is 6.42 Å². The van der Waals surface area contributed by atoms with E-state index in [0.717, 1.165) is 63.8 Å². The number of rotatable bonds is 25. The van der Waals surface area contributed by atoms with Crippen LogP contribution in [0.4, 0.5) is 11.4 Å². The summed E-state index contributed by atoms with van der Waals surface area (Å²) in [7, 11) is 6.36. The number of nitrogen functional groups attached to an aromatic ring is 2. The smallest absolute Gasteiger partial charge is 0.307 e. The average molecular weight is 1430 g/mol. The van der Waals surface area contributed by atoms with Crippen LogP contribution in [0, 0.1) is 22.7 Å². The number of esters is 1. The molecule has 25 heteroatoms. The number of nitrogens with one attached hydrogen (secondary N) is 5. The highest BCUT2D eigenvalue weighted by Gasteiger charge is 2.41. The van der Waals surface area contributed by atoms with Gasteiger partial charge < -0.3 is 70.8 Å². The van der Waals surface area contributed by atoms with Crippen LogP contribution in [-0.2, 0) is 44.9 Å². The predicted octanol–water partition coefficient (Wildman–Crippen LogP) is 10.0. The van der Waals surface area contributed by atoms with Crippen LogP contribution in [0.5, 0.6) is 23.0 Å². The number of ether oxygens (including phenoxy) is 5. The molecule has 1 aromatic heterocycles. The molecular weight excluding hydrogens is 1350 g/mol. The van der Waals surface area contributed by atoms with Crippen molar-refractivity contribution in [1.29, 1.82) is 10.8 Å². The molecule has 6 aromatic carbocycles. The topological polar surface area (TPSA) is 329 Å². The Balaban J connectivity index is 0.000000260. The SMILES string of the molecule is Br.Br.COc1cc(Br)c(CCn2c(-c3ccc(C(=N)N)cc3)nc3c(CC(=O)O)c(C(=O)NCCC(=O)OC4CC5CCC4C5)ccc32)cc1OC.COc1ccc(CCN2c3ccc(C(=O)NCCC(=O)O)cc3NC2c2ccc(C(=N)N)cc2)cc1OC. The third kappa shape index (κ3) is 16.2. The van der Waals surface area contributed by atoms with Gasteiger partial charge in [-0.2, -0.15) is 0 Å². The zero-order valence-corrected chi connectivity index (χ0v) is 55.1. The number of benzene rings is 6. The third-order valence-electron chi connectivity index (χ3n) is 16.2. The first-order valence-electron chi connectivity index (χ1n) is 28.8. The lowest BCUT2D eigenvalue weighted by Crippen LogP contribution is -2.30. The van der Waals surface area contributed by atoms with Crippen LogP contribution in [0.25, 0.3) is 22.4 Å². The summed E-state index contributed by atoms with van der Waals surface area (Å²) >= 11 is 3.64. The van der Waals surface area contributed by atoms with Crippen molar-refractivity contribution in [1.82, 2.24) is 20.2 Å². The molecule has 0 radical (unpaired) electrons. The molecule has 2 bridgehead atoms. The van der Waals surface area contributed by atoms with Gasteiger partial charge in [0.1, 0.15) is 29.8 Å². The Morgan fingerprint density at radius 1 is 0.689 bits per heavy atom. The highest BCUT2D eigenvalue weighted by Crippen LogP contribution is 2.46. The molecule has 90 heavy (non-hydrogen) atoms. The van der Waals surface area contributed by atoms with Gasteiger partial charge in [0.15, 0.2) is 23.0 Å². The van der Waals surface area contributed by atoms with E-state index >= 15 is 0 Å². The lowest BCUT2D eigenvalue weighted by molar-refractivity contribution is -0.151. The van der Waals surface area contributed by atoms with E-state index in [0.29, 0.717) is 87.9 Å². The minimum atomic E-state index is -1.11. The summed E-state index contributed by atoms with van der Waals surface area (Å²) < 4.78 is 30.3. The van der Waals surface area contributed by atoms with Gasteiger partial charge in [0.25, 0.3) is 11.8 Å². The number of nitrogens with two attached hydrogens (primary N) is 2. The summed E-state index contributed by atoms with van der Waals surface area (Å²) in [4.78, 5) is 68.7. The summed E-state index contributed by atoms with van der Waals surface area (Å²) in [6.07, 6.45) is 4.82. The fraction of sp³-hybridized carbons (Fsp3) is 0.323. The Labute approximate surface area is 550 Å². The predicted molar refractivity (Wildman–Crippen MR) is 357 cm³/mol. The molecule has 2 fully saturated rings. The number of amides is 2. The summed E-state index contributed by atoms with van der Waals surface area (Å²) in [5.74, 6) is 0.840. The molecule has 0 spiro atoms. The summed E-state index contributed by atoms with van der Waals surface area (Å²) in [6, 6.07) is 32.9. The van der Waals surface area contributed by atoms with Gasteiger partial charge in [-0.25, -0.2) is 4.98 Å². The molecule has 3 aliphatic rings. The van der Waals surface area contributed by atoms with Gasteiger partial charge in [-0.3, -0.25) is 34.8 Å². The Hall–Kier alpha value is -8.68. The fourth-order valence-electron chi connectivity index (χ4n) is 11.7. The number of fused-ring (bicyclic) bond motifs is 4. The number of imidazole rings is 1. The van der Waals surface area contributed by atoms with E-state index in [-0.39, 0.29) is 107 Å². The number of nitrogens with zero attached hydrogens (tertiary/aromatic N) is 3. The molecule has 2 amide bonds. The molecule has 4 atom stereocenters. The highest BCUT2D eigenvalue weighted by atomic mass is 79.9. The van der Waals surface area contributed by atoms with Crippen molar-refractivity contribution in [3.05, 3.63) is 158 Å². The first kappa shape index (κ1) is 68.8. The number of carboxylic acid groups (broad SMARTS) is 2. The van der Waals surface area contributed by atoms with E-state index in [1.54, 1.807) is 77.0 Å². The number of amidine groups is 2. The van der Waals surface area contributed by atoms with Gasteiger partial charge in [-0.05, 0) is 122 Å². The number of methoxy groups -OCH3 is 4. The van der Waals surface area contributed by atoms with Crippen LogP contribution in [0.15, 0.2) is 114 Å². The van der Waals surface area contributed by atoms with Crippen LogP contribution < -0.4 is 51.3 Å². The maximum atomic E-state index is 13.5. The number of anilines is 2. The third-order valence-corrected chi connectivity index (χ3v) is 16.9. The summed E-state index contributed by atoms with van der Waals surface area (Å²) in [5.41, 5.74) is 19.9. The molecule has 4 unspecified atom stereocenters. The lowest BCUT2D eigenvalue weighted by Gasteiger charge is -2.27. The number of hydrogen-bond acceptors (Lipinski definition) is 15. The van der Waals surface area contributed by atoms with E-state index < -0.39 is 24.3 Å². The van der Waals surface area contributed by atoms with Crippen molar-refractivity contribution in [3.8, 4) is 34.4 Å². The number of halogens is 3. The molecular formula is C65H73Br3N10O12. The summed E-state index contributed by atoms with van der Waals surface area (Å²) in [6.45, 7) is 1.22. The second-order valence-electron chi connectivity index (χ2n) is 21.7. The number of carbonyl (C=O) groups is 5. The number of carboxylic acids is 2. The monoisotopic (exact) mass is 1420 g/mol. The van der Waals surface area contributed by atoms with E-state index in [1.807, 2.05) is 65.2 Å². The molecule has 11 N–H and O–H groups in total. The first-order chi connectivity index (χ1) is 42.4. The van der Waals surface area contributed by atoms with Crippen LogP contribution in [0.3, 0.4) is 0 Å². The van der Waals surface area contributed by atoms with Gasteiger partial charge in [-0.15, -0.1) is 34.0 Å². The van der Waals surface area contributed by atoms with Crippen LogP contribution >= 0.6 is 49.9 Å². The van der Waals surface area contributed by atoms with Crippen LogP contribution in [0.2, 0.25) is 0 Å². The molecule has 1 aliphatic heterocycles. The van der Waals surface area contributed by atoms with E-state index in [9.17, 15) is 29.1 Å². The molecule has 0 saturated heterocycles. The Kier molecular flexibility index (Phi) is 23.8. The van der Waals surface area contributed by atoms with Crippen molar-refractivity contribution in [2.45, 2.75) is 76.6 Å². The van der Waals surface area contributed by atoms with Gasteiger partial charge in [-0.1, -0.05) is 70.5 Å². The Morgan fingerprint density at radius 2 is 1.32 bits per heavy atom. The average Bonchev–Trinajstić information content (AvgIpc) is 1.73. The number of aromatic nitrogens is 2. The van der Waals surface area contributed by atoms with E-state index in [2.05, 4.69) is 36.8 Å². The van der Waals surface area contributed by atoms with Crippen LogP contribution in [-0.4, -0.2) is 115 Å². The molecule has 22 nitrogen and oxygen atoms in total. The molecule has 2 saturated carbocycles. The first-order valence-corrected chi connectivity index (χ1v) is 29.5. The maximum Gasteiger partial charge on any atom is 0.307 e. The zero-order chi connectivity index (χ0) is 62.8. The minimum Gasteiger partial charge on any atom is -0.493 e. The fourth-order valence-corrected chi connectivity index (χ4v) is 12.2. The van der Waals surface area contributed by atoms with Gasteiger partial charge in [0.05, 0.1) is 70.1 Å². The highest BCUT2D eigenvalue weighted by molar-refractivity contribution is 9.10. The minimum absolute atomic E-state index is 0. The second kappa shape index (κ2) is 31.2. The van der Waals surface area contributed by atoms with Crippen molar-refractivity contribution in [3.63, 3.8) is 0 Å².